The molecule has 0 fully saturated rings. The molecule has 0 aliphatic carbocycles. The highest BCUT2D eigenvalue weighted by Crippen LogP contribution is 2.07. The summed E-state index contributed by atoms with van der Waals surface area (Å²) < 4.78 is 0. The van der Waals surface area contributed by atoms with Gasteiger partial charge in [0.15, 0.2) is 0 Å². The zero-order chi connectivity index (χ0) is 12.1. The van der Waals surface area contributed by atoms with Gasteiger partial charge < -0.3 is 21.5 Å². The summed E-state index contributed by atoms with van der Waals surface area (Å²) in [6, 6.07) is -1.42. The summed E-state index contributed by atoms with van der Waals surface area (Å²) >= 11 is 0. The zero-order valence-electron chi connectivity index (χ0n) is 9.33. The first-order valence-corrected chi connectivity index (χ1v) is 4.77. The van der Waals surface area contributed by atoms with Crippen molar-refractivity contribution in [3.8, 4) is 0 Å². The van der Waals surface area contributed by atoms with Crippen molar-refractivity contribution >= 4 is 11.9 Å². The number of aliphatic hydroxyl groups is 1. The highest BCUT2D eigenvalue weighted by molar-refractivity contribution is 5.86. The van der Waals surface area contributed by atoms with Crippen LogP contribution in [0.25, 0.3) is 0 Å². The predicted octanol–water partition coefficient (Wildman–Crippen LogP) is -0.680. The Balaban J connectivity index is 4.17. The lowest BCUT2D eigenvalue weighted by Gasteiger charge is -2.27. The van der Waals surface area contributed by atoms with Crippen molar-refractivity contribution in [3.05, 3.63) is 0 Å². The number of nitrogens with two attached hydrogens (primary N) is 1. The van der Waals surface area contributed by atoms with Gasteiger partial charge in [-0.2, -0.15) is 0 Å². The lowest BCUT2D eigenvalue weighted by molar-refractivity contribution is -0.124. The number of urea groups is 1. The molecule has 0 saturated heterocycles. The van der Waals surface area contributed by atoms with Crippen molar-refractivity contribution in [2.75, 3.05) is 6.61 Å². The number of amides is 3. The Morgan fingerprint density at radius 1 is 1.47 bits per heavy atom. The van der Waals surface area contributed by atoms with Crippen LogP contribution in [0.15, 0.2) is 0 Å². The van der Waals surface area contributed by atoms with E-state index < -0.39 is 17.6 Å². The fraction of sp³-hybridized carbons (Fsp3) is 0.778. The molecule has 6 nitrogen and oxygen atoms in total. The van der Waals surface area contributed by atoms with Crippen molar-refractivity contribution in [1.82, 2.24) is 10.6 Å². The first kappa shape index (κ1) is 13.7. The molecular weight excluding hydrogens is 198 g/mol. The third-order valence-electron chi connectivity index (χ3n) is 1.95. The number of primary amides is 1. The van der Waals surface area contributed by atoms with E-state index in [1.165, 1.54) is 6.92 Å². The highest BCUT2D eigenvalue weighted by atomic mass is 16.3. The van der Waals surface area contributed by atoms with E-state index in [-0.39, 0.29) is 12.5 Å². The number of aliphatic hydroxyl groups excluding tert-OH is 1. The van der Waals surface area contributed by atoms with Crippen LogP contribution in [0.1, 0.15) is 27.2 Å². The van der Waals surface area contributed by atoms with E-state index in [0.29, 0.717) is 6.42 Å². The first-order chi connectivity index (χ1) is 6.78. The molecule has 3 amide bonds. The average molecular weight is 217 g/mol. The molecule has 0 aromatic rings. The second-order valence-electron chi connectivity index (χ2n) is 4.08. The van der Waals surface area contributed by atoms with Gasteiger partial charge >= 0.3 is 6.03 Å². The van der Waals surface area contributed by atoms with E-state index in [4.69, 9.17) is 10.8 Å². The molecule has 0 aliphatic rings. The van der Waals surface area contributed by atoms with Crippen molar-refractivity contribution in [3.63, 3.8) is 0 Å². The summed E-state index contributed by atoms with van der Waals surface area (Å²) in [5.41, 5.74) is 4.38. The summed E-state index contributed by atoms with van der Waals surface area (Å²) in [6.07, 6.45) is 0.446. The van der Waals surface area contributed by atoms with E-state index in [1.54, 1.807) is 13.8 Å². The molecule has 0 bridgehead atoms. The fourth-order valence-corrected chi connectivity index (χ4v) is 1.06. The van der Waals surface area contributed by atoms with Crippen molar-refractivity contribution in [1.29, 1.82) is 0 Å². The van der Waals surface area contributed by atoms with Gasteiger partial charge in [-0.25, -0.2) is 4.79 Å². The molecule has 15 heavy (non-hydrogen) atoms. The van der Waals surface area contributed by atoms with Crippen LogP contribution in [0.2, 0.25) is 0 Å². The number of nitrogens with one attached hydrogen (secondary N) is 2. The van der Waals surface area contributed by atoms with Crippen LogP contribution in [0.3, 0.4) is 0 Å². The summed E-state index contributed by atoms with van der Waals surface area (Å²) in [4.78, 5) is 22.0. The summed E-state index contributed by atoms with van der Waals surface area (Å²) in [7, 11) is 0. The Hall–Kier alpha value is -1.30. The number of hydrogen-bond donors (Lipinski definition) is 4. The maximum absolute atomic E-state index is 11.5. The molecule has 0 aromatic carbocycles. The quantitative estimate of drug-likeness (QED) is 0.490. The van der Waals surface area contributed by atoms with E-state index in [0.717, 1.165) is 0 Å². The molecular formula is C9H19N3O3. The number of carbonyl (C=O) groups is 2. The van der Waals surface area contributed by atoms with Crippen LogP contribution < -0.4 is 16.4 Å². The van der Waals surface area contributed by atoms with E-state index >= 15 is 0 Å². The summed E-state index contributed by atoms with van der Waals surface area (Å²) in [5, 5.41) is 13.7. The van der Waals surface area contributed by atoms with Gasteiger partial charge in [-0.3, -0.25) is 4.79 Å². The highest BCUT2D eigenvalue weighted by Gasteiger charge is 2.23. The topological polar surface area (TPSA) is 104 Å². The molecule has 88 valence electrons. The molecule has 0 rings (SSSR count). The second kappa shape index (κ2) is 5.55. The Bertz CT molecular complexity index is 241. The van der Waals surface area contributed by atoms with Gasteiger partial charge in [0.1, 0.15) is 6.04 Å². The maximum Gasteiger partial charge on any atom is 0.312 e. The van der Waals surface area contributed by atoms with Crippen LogP contribution in [0.4, 0.5) is 4.79 Å². The third-order valence-corrected chi connectivity index (χ3v) is 1.95. The minimum atomic E-state index is -0.738. The summed E-state index contributed by atoms with van der Waals surface area (Å²) in [5.74, 6) is -0.327. The number of carbonyl (C=O) groups excluding carboxylic acids is 2. The van der Waals surface area contributed by atoms with Crippen LogP contribution in [0, 0.1) is 0 Å². The third kappa shape index (κ3) is 5.90. The van der Waals surface area contributed by atoms with Crippen LogP contribution >= 0.6 is 0 Å². The largest absolute Gasteiger partial charge is 0.396 e. The molecule has 0 heterocycles. The molecule has 0 spiro atoms. The van der Waals surface area contributed by atoms with E-state index in [2.05, 4.69) is 10.6 Å². The lowest BCUT2D eigenvalue weighted by atomic mass is 10.0. The smallest absolute Gasteiger partial charge is 0.312 e. The summed E-state index contributed by atoms with van der Waals surface area (Å²) in [6.45, 7) is 5.11. The van der Waals surface area contributed by atoms with Crippen LogP contribution in [-0.2, 0) is 4.79 Å². The Morgan fingerprint density at radius 2 is 2.00 bits per heavy atom. The average Bonchev–Trinajstić information content (AvgIpc) is 2.01. The van der Waals surface area contributed by atoms with Crippen molar-refractivity contribution < 1.29 is 14.7 Å². The molecule has 6 heteroatoms. The predicted molar refractivity (Wildman–Crippen MR) is 56.1 cm³/mol. The minimum Gasteiger partial charge on any atom is -0.396 e. The first-order valence-electron chi connectivity index (χ1n) is 4.77. The van der Waals surface area contributed by atoms with Gasteiger partial charge in [0.25, 0.3) is 0 Å². The SMILES string of the molecule is CC(NC(N)=O)C(=O)NC(C)(C)CCO. The van der Waals surface area contributed by atoms with Crippen molar-refractivity contribution in [2.45, 2.75) is 38.8 Å². The number of hydrogen-bond acceptors (Lipinski definition) is 3. The second-order valence-corrected chi connectivity index (χ2v) is 4.08. The molecule has 0 radical (unpaired) electrons. The van der Waals surface area contributed by atoms with Gasteiger partial charge in [-0.15, -0.1) is 0 Å². The van der Waals surface area contributed by atoms with Gasteiger partial charge in [0.05, 0.1) is 0 Å². The van der Waals surface area contributed by atoms with E-state index in [1.807, 2.05) is 0 Å². The number of rotatable bonds is 5. The van der Waals surface area contributed by atoms with Gasteiger partial charge in [-0.1, -0.05) is 0 Å². The Kier molecular flexibility index (Phi) is 5.07. The molecule has 0 aliphatic heterocycles. The molecule has 1 atom stereocenters. The standard InChI is InChI=1S/C9H19N3O3/c1-6(11-8(10)15)7(14)12-9(2,3)4-5-13/h6,13H,4-5H2,1-3H3,(H,12,14)(H3,10,11,15). The molecule has 0 aromatic heterocycles. The van der Waals surface area contributed by atoms with Crippen LogP contribution in [0.5, 0.6) is 0 Å². The van der Waals surface area contributed by atoms with Gasteiger partial charge in [0.2, 0.25) is 5.91 Å². The van der Waals surface area contributed by atoms with Crippen LogP contribution in [-0.4, -0.2) is 35.2 Å². The Morgan fingerprint density at radius 3 is 2.40 bits per heavy atom. The fourth-order valence-electron chi connectivity index (χ4n) is 1.06. The monoisotopic (exact) mass is 217 g/mol. The molecule has 1 unspecified atom stereocenters. The minimum absolute atomic E-state index is 0.00902. The molecule has 0 saturated carbocycles. The van der Waals surface area contributed by atoms with Gasteiger partial charge in [0, 0.05) is 12.1 Å². The normalized spacial score (nSPS) is 13.1. The Labute approximate surface area is 89.2 Å². The maximum atomic E-state index is 11.5. The molecule has 5 N–H and O–H groups in total. The lowest BCUT2D eigenvalue weighted by Crippen LogP contribution is -2.53. The van der Waals surface area contributed by atoms with E-state index in [9.17, 15) is 9.59 Å². The van der Waals surface area contributed by atoms with Gasteiger partial charge in [-0.05, 0) is 27.2 Å². The van der Waals surface area contributed by atoms with Crippen molar-refractivity contribution in [2.24, 2.45) is 5.73 Å². The zero-order valence-corrected chi connectivity index (χ0v) is 9.33.